The Labute approximate surface area is 101 Å². The fourth-order valence-electron chi connectivity index (χ4n) is 1.62. The molecule has 0 unspecified atom stereocenters. The molecule has 1 fully saturated rings. The van der Waals surface area contributed by atoms with Gasteiger partial charge in [0.05, 0.1) is 5.56 Å². The van der Waals surface area contributed by atoms with Crippen LogP contribution in [0.1, 0.15) is 11.7 Å². The van der Waals surface area contributed by atoms with Crippen molar-refractivity contribution in [3.63, 3.8) is 0 Å². The molecule has 1 aliphatic heterocycles. The second-order valence-corrected chi connectivity index (χ2v) is 4.65. The molecule has 82 valence electrons. The van der Waals surface area contributed by atoms with Gasteiger partial charge in [-0.15, -0.1) is 0 Å². The molecular formula is C11H10BrN3O. The Hall–Kier alpha value is -1.20. The molecule has 1 saturated heterocycles. The smallest absolute Gasteiger partial charge is 0.259 e. The van der Waals surface area contributed by atoms with Crippen molar-refractivity contribution in [2.45, 2.75) is 5.92 Å². The van der Waals surface area contributed by atoms with Crippen molar-refractivity contribution in [1.29, 1.82) is 0 Å². The predicted octanol–water partition coefficient (Wildman–Crippen LogP) is 2.19. The summed E-state index contributed by atoms with van der Waals surface area (Å²) in [4.78, 5) is 4.42. The minimum Gasteiger partial charge on any atom is -0.334 e. The topological polar surface area (TPSA) is 51.0 Å². The monoisotopic (exact) mass is 279 g/mol. The third-order valence-corrected chi connectivity index (χ3v) is 3.38. The van der Waals surface area contributed by atoms with E-state index in [4.69, 9.17) is 4.52 Å². The molecule has 2 aromatic rings. The highest BCUT2D eigenvalue weighted by Crippen LogP contribution is 2.28. The van der Waals surface area contributed by atoms with Crippen LogP contribution in [0.5, 0.6) is 0 Å². The molecule has 1 aromatic carbocycles. The lowest BCUT2D eigenvalue weighted by molar-refractivity contribution is 0.382. The second kappa shape index (κ2) is 3.99. The highest BCUT2D eigenvalue weighted by molar-refractivity contribution is 9.10. The van der Waals surface area contributed by atoms with Crippen molar-refractivity contribution in [2.75, 3.05) is 13.1 Å². The molecule has 16 heavy (non-hydrogen) atoms. The van der Waals surface area contributed by atoms with Crippen molar-refractivity contribution < 1.29 is 4.52 Å². The molecule has 0 bridgehead atoms. The van der Waals surface area contributed by atoms with E-state index in [9.17, 15) is 0 Å². The van der Waals surface area contributed by atoms with Gasteiger partial charge in [-0.25, -0.2) is 0 Å². The van der Waals surface area contributed by atoms with E-state index in [1.807, 2.05) is 24.3 Å². The molecule has 0 amide bonds. The fourth-order valence-corrected chi connectivity index (χ4v) is 2.07. The lowest BCUT2D eigenvalue weighted by Gasteiger charge is -2.23. The Kier molecular flexibility index (Phi) is 2.49. The van der Waals surface area contributed by atoms with Crippen LogP contribution in [-0.4, -0.2) is 23.2 Å². The summed E-state index contributed by atoms with van der Waals surface area (Å²) in [5.74, 6) is 1.78. The summed E-state index contributed by atoms with van der Waals surface area (Å²) < 4.78 is 6.24. The average molecular weight is 280 g/mol. The summed E-state index contributed by atoms with van der Waals surface area (Å²) >= 11 is 3.47. The zero-order valence-electron chi connectivity index (χ0n) is 8.48. The Balaban J connectivity index is 1.95. The van der Waals surface area contributed by atoms with E-state index >= 15 is 0 Å². The van der Waals surface area contributed by atoms with Gasteiger partial charge in [0.15, 0.2) is 5.82 Å². The summed E-state index contributed by atoms with van der Waals surface area (Å²) in [5.41, 5.74) is 0.938. The molecule has 1 aliphatic rings. The quantitative estimate of drug-likeness (QED) is 0.916. The molecule has 5 heteroatoms. The predicted molar refractivity (Wildman–Crippen MR) is 63.0 cm³/mol. The van der Waals surface area contributed by atoms with Crippen molar-refractivity contribution in [3.8, 4) is 11.5 Å². The molecule has 4 nitrogen and oxygen atoms in total. The Bertz CT molecular complexity index is 507. The number of nitrogens with one attached hydrogen (secondary N) is 1. The van der Waals surface area contributed by atoms with Gasteiger partial charge in [0.1, 0.15) is 0 Å². The number of nitrogens with zero attached hydrogens (tertiary/aromatic N) is 2. The summed E-state index contributed by atoms with van der Waals surface area (Å²) in [6.07, 6.45) is 0. The first-order valence-electron chi connectivity index (χ1n) is 5.14. The highest BCUT2D eigenvalue weighted by atomic mass is 79.9. The number of halogens is 1. The minimum atomic E-state index is 0.403. The summed E-state index contributed by atoms with van der Waals surface area (Å²) in [6.45, 7) is 1.88. The van der Waals surface area contributed by atoms with Gasteiger partial charge in [0.2, 0.25) is 0 Å². The lowest BCUT2D eigenvalue weighted by Crippen LogP contribution is -2.40. The van der Waals surface area contributed by atoms with E-state index in [1.54, 1.807) is 0 Å². The first-order chi connectivity index (χ1) is 7.84. The number of benzene rings is 1. The molecule has 3 rings (SSSR count). The standard InChI is InChI=1S/C11H10BrN3O/c12-9-4-2-1-3-8(9)11-14-10(15-16-11)7-5-13-6-7/h1-4,7,13H,5-6H2. The van der Waals surface area contributed by atoms with Gasteiger partial charge in [-0.3, -0.25) is 0 Å². The molecule has 0 atom stereocenters. The summed E-state index contributed by atoms with van der Waals surface area (Å²) in [5, 5.41) is 7.20. The van der Waals surface area contributed by atoms with E-state index in [0.717, 1.165) is 29.0 Å². The van der Waals surface area contributed by atoms with Crippen LogP contribution in [0.2, 0.25) is 0 Å². The van der Waals surface area contributed by atoms with Crippen molar-refractivity contribution in [2.24, 2.45) is 0 Å². The number of hydrogen-bond acceptors (Lipinski definition) is 4. The van der Waals surface area contributed by atoms with Gasteiger partial charge < -0.3 is 9.84 Å². The summed E-state index contributed by atoms with van der Waals surface area (Å²) in [6, 6.07) is 7.83. The zero-order chi connectivity index (χ0) is 11.0. The third kappa shape index (κ3) is 1.66. The van der Waals surface area contributed by atoms with Crippen molar-refractivity contribution in [3.05, 3.63) is 34.6 Å². The van der Waals surface area contributed by atoms with Crippen LogP contribution in [0.4, 0.5) is 0 Å². The average Bonchev–Trinajstić information content (AvgIpc) is 2.65. The van der Waals surface area contributed by atoms with Gasteiger partial charge >= 0.3 is 0 Å². The Morgan fingerprint density at radius 3 is 2.81 bits per heavy atom. The molecule has 1 aromatic heterocycles. The number of hydrogen-bond donors (Lipinski definition) is 1. The van der Waals surface area contributed by atoms with Crippen LogP contribution >= 0.6 is 15.9 Å². The third-order valence-electron chi connectivity index (χ3n) is 2.69. The highest BCUT2D eigenvalue weighted by Gasteiger charge is 2.24. The van der Waals surface area contributed by atoms with Crippen molar-refractivity contribution >= 4 is 15.9 Å². The van der Waals surface area contributed by atoms with Crippen molar-refractivity contribution in [1.82, 2.24) is 15.5 Å². The van der Waals surface area contributed by atoms with Crippen LogP contribution in [0.15, 0.2) is 33.3 Å². The molecule has 0 saturated carbocycles. The maximum atomic E-state index is 5.27. The van der Waals surface area contributed by atoms with Gasteiger partial charge in [-0.05, 0) is 28.1 Å². The zero-order valence-corrected chi connectivity index (χ0v) is 10.1. The molecule has 0 radical (unpaired) electrons. The van der Waals surface area contributed by atoms with Gasteiger partial charge in [0.25, 0.3) is 5.89 Å². The van der Waals surface area contributed by atoms with E-state index in [2.05, 4.69) is 31.4 Å². The molecular weight excluding hydrogens is 270 g/mol. The van der Waals surface area contributed by atoms with Crippen LogP contribution in [0.25, 0.3) is 11.5 Å². The van der Waals surface area contributed by atoms with Gasteiger partial charge in [0, 0.05) is 23.5 Å². The van der Waals surface area contributed by atoms with E-state index in [0.29, 0.717) is 11.8 Å². The van der Waals surface area contributed by atoms with Crippen LogP contribution < -0.4 is 5.32 Å². The minimum absolute atomic E-state index is 0.403. The summed E-state index contributed by atoms with van der Waals surface area (Å²) in [7, 11) is 0. The van der Waals surface area contributed by atoms with Gasteiger partial charge in [-0.2, -0.15) is 4.98 Å². The first kappa shape index (κ1) is 9.99. The first-order valence-corrected chi connectivity index (χ1v) is 5.93. The van der Waals surface area contributed by atoms with Crippen LogP contribution in [0, 0.1) is 0 Å². The van der Waals surface area contributed by atoms with E-state index in [1.165, 1.54) is 0 Å². The largest absolute Gasteiger partial charge is 0.334 e. The Morgan fingerprint density at radius 1 is 1.31 bits per heavy atom. The van der Waals surface area contributed by atoms with E-state index in [-0.39, 0.29) is 0 Å². The van der Waals surface area contributed by atoms with Gasteiger partial charge in [-0.1, -0.05) is 17.3 Å². The number of rotatable bonds is 2. The molecule has 0 aliphatic carbocycles. The Morgan fingerprint density at radius 2 is 2.12 bits per heavy atom. The SMILES string of the molecule is Brc1ccccc1-c1nc(C2CNC2)no1. The molecule has 0 spiro atoms. The van der Waals surface area contributed by atoms with E-state index < -0.39 is 0 Å². The molecule has 2 heterocycles. The molecule has 1 N–H and O–H groups in total. The normalized spacial score (nSPS) is 16.1. The lowest BCUT2D eigenvalue weighted by atomic mass is 10.0. The van der Waals surface area contributed by atoms with Crippen LogP contribution in [0.3, 0.4) is 0 Å². The maximum Gasteiger partial charge on any atom is 0.259 e. The number of aromatic nitrogens is 2. The van der Waals surface area contributed by atoms with Crippen LogP contribution in [-0.2, 0) is 0 Å². The second-order valence-electron chi connectivity index (χ2n) is 3.79. The maximum absolute atomic E-state index is 5.27. The fraction of sp³-hybridized carbons (Fsp3) is 0.273.